The van der Waals surface area contributed by atoms with Crippen molar-refractivity contribution in [1.29, 1.82) is 5.41 Å². The molecule has 0 aliphatic carbocycles. The monoisotopic (exact) mass is 493 g/mol. The van der Waals surface area contributed by atoms with Gasteiger partial charge in [-0.15, -0.1) is 0 Å². The molecule has 0 heterocycles. The molecule has 0 aliphatic rings. The van der Waals surface area contributed by atoms with Gasteiger partial charge in [0.05, 0.1) is 12.3 Å². The van der Waals surface area contributed by atoms with Gasteiger partial charge in [0.2, 0.25) is 11.4 Å². The lowest BCUT2D eigenvalue weighted by Gasteiger charge is -2.22. The summed E-state index contributed by atoms with van der Waals surface area (Å²) in [6.07, 6.45) is 0.0122. The third-order valence-electron chi connectivity index (χ3n) is 5.71. The number of aliphatic carboxylic acids is 1. The van der Waals surface area contributed by atoms with Crippen LogP contribution in [-0.4, -0.2) is 44.4 Å². The van der Waals surface area contributed by atoms with Crippen molar-refractivity contribution in [2.45, 2.75) is 25.3 Å². The summed E-state index contributed by atoms with van der Waals surface area (Å²) >= 11 is 0. The van der Waals surface area contributed by atoms with Gasteiger partial charge in [-0.05, 0) is 23.1 Å². The van der Waals surface area contributed by atoms with E-state index in [0.717, 1.165) is 16.7 Å². The average molecular weight is 494 g/mol. The number of hydrogen-bond donors (Lipinski definition) is 5. The summed E-state index contributed by atoms with van der Waals surface area (Å²) in [4.78, 5) is 46.9. The van der Waals surface area contributed by atoms with E-state index >= 15 is 0 Å². The molecule has 0 saturated carbocycles. The minimum absolute atomic E-state index is 0.0626. The Kier molecular flexibility index (Phi) is 9.26. The maximum Gasteiger partial charge on any atom is 0.326 e. The minimum atomic E-state index is -3.90. The van der Waals surface area contributed by atoms with Crippen molar-refractivity contribution in [3.8, 4) is 0 Å². The molecule has 0 fully saturated rings. The molecule has 182 valence electrons. The molecule has 0 saturated heterocycles. The van der Waals surface area contributed by atoms with Gasteiger partial charge >= 0.3 is 13.7 Å². The highest BCUT2D eigenvalue weighted by atomic mass is 31.2. The molecule has 1 amide bonds. The zero-order chi connectivity index (χ0) is 25.3. The molecule has 3 aromatic rings. The predicted octanol–water partition coefficient (Wildman–Crippen LogP) is 3.71. The summed E-state index contributed by atoms with van der Waals surface area (Å²) in [5, 5.41) is 20.6. The molecular weight excluding hydrogens is 463 g/mol. The van der Waals surface area contributed by atoms with Gasteiger partial charge in [0.15, 0.2) is 0 Å². The maximum absolute atomic E-state index is 13.3. The second-order valence-electron chi connectivity index (χ2n) is 8.50. The van der Waals surface area contributed by atoms with Crippen molar-refractivity contribution in [2.24, 2.45) is 5.92 Å². The van der Waals surface area contributed by atoms with Crippen LogP contribution in [0.4, 0.5) is 0 Å². The van der Waals surface area contributed by atoms with E-state index < -0.39 is 31.6 Å². The zero-order valence-corrected chi connectivity index (χ0v) is 20.1. The molecule has 0 bridgehead atoms. The SMILES string of the molecule is N=C(Cc1ccccc1)[P+](O)(O)CC(Cc1ccccc1)C(=O)N[C@@H](Cc1ccccc1)C(=O)O. The van der Waals surface area contributed by atoms with Gasteiger partial charge in [0, 0.05) is 6.42 Å². The zero-order valence-electron chi connectivity index (χ0n) is 19.2. The first-order valence-electron chi connectivity index (χ1n) is 11.3. The molecule has 8 heteroatoms. The summed E-state index contributed by atoms with van der Waals surface area (Å²) < 4.78 is 0. The third-order valence-corrected chi connectivity index (χ3v) is 7.69. The fourth-order valence-electron chi connectivity index (χ4n) is 3.81. The molecule has 35 heavy (non-hydrogen) atoms. The number of nitrogens with one attached hydrogen (secondary N) is 2. The lowest BCUT2D eigenvalue weighted by atomic mass is 9.99. The van der Waals surface area contributed by atoms with Gasteiger partial charge < -0.3 is 10.4 Å². The lowest BCUT2D eigenvalue weighted by molar-refractivity contribution is -0.142. The fraction of sp³-hybridized carbons (Fsp3) is 0.222. The number of carboxylic acids is 1. The summed E-state index contributed by atoms with van der Waals surface area (Å²) in [6.45, 7) is 0. The fourth-order valence-corrected chi connectivity index (χ4v) is 5.38. The maximum atomic E-state index is 13.3. The van der Waals surface area contributed by atoms with Crippen molar-refractivity contribution >= 4 is 25.0 Å². The van der Waals surface area contributed by atoms with E-state index in [0.29, 0.717) is 0 Å². The summed E-state index contributed by atoms with van der Waals surface area (Å²) in [5.74, 6) is -2.68. The number of hydrogen-bond acceptors (Lipinski definition) is 5. The van der Waals surface area contributed by atoms with Crippen LogP contribution in [0, 0.1) is 11.3 Å². The minimum Gasteiger partial charge on any atom is -0.480 e. The van der Waals surface area contributed by atoms with Gasteiger partial charge in [0.1, 0.15) is 12.2 Å². The Morgan fingerprint density at radius 2 is 1.23 bits per heavy atom. The second kappa shape index (κ2) is 12.4. The van der Waals surface area contributed by atoms with Crippen LogP contribution in [0.25, 0.3) is 0 Å². The Hall–Kier alpha value is -3.38. The van der Waals surface area contributed by atoms with Crippen molar-refractivity contribution in [3.05, 3.63) is 108 Å². The predicted molar refractivity (Wildman–Crippen MR) is 137 cm³/mol. The van der Waals surface area contributed by atoms with Crippen molar-refractivity contribution in [1.82, 2.24) is 5.32 Å². The number of benzene rings is 3. The molecule has 2 atom stereocenters. The van der Waals surface area contributed by atoms with Crippen LogP contribution in [0.5, 0.6) is 0 Å². The average Bonchev–Trinajstić information content (AvgIpc) is 2.85. The van der Waals surface area contributed by atoms with Gasteiger partial charge in [-0.2, -0.15) is 0 Å². The molecule has 0 aromatic heterocycles. The largest absolute Gasteiger partial charge is 0.480 e. The topological polar surface area (TPSA) is 131 Å². The third kappa shape index (κ3) is 8.11. The van der Waals surface area contributed by atoms with Crippen LogP contribution in [0.15, 0.2) is 91.0 Å². The molecule has 5 N–H and O–H groups in total. The normalized spacial score (nSPS) is 13.0. The van der Waals surface area contributed by atoms with E-state index in [1.165, 1.54) is 0 Å². The molecule has 0 radical (unpaired) electrons. The highest BCUT2D eigenvalue weighted by Crippen LogP contribution is 2.53. The van der Waals surface area contributed by atoms with Crippen LogP contribution in [-0.2, 0) is 28.9 Å². The van der Waals surface area contributed by atoms with Crippen LogP contribution >= 0.6 is 7.72 Å². The smallest absolute Gasteiger partial charge is 0.326 e. The first-order valence-corrected chi connectivity index (χ1v) is 13.2. The highest BCUT2D eigenvalue weighted by Gasteiger charge is 2.45. The Morgan fingerprint density at radius 1 is 0.771 bits per heavy atom. The van der Waals surface area contributed by atoms with Gasteiger partial charge in [-0.3, -0.25) is 10.2 Å². The summed E-state index contributed by atoms with van der Waals surface area (Å²) in [5.41, 5.74) is 2.10. The second-order valence-corrected chi connectivity index (χ2v) is 10.9. The molecular formula is C27H30N2O5P+. The Labute approximate surface area is 205 Å². The first-order chi connectivity index (χ1) is 16.7. The van der Waals surface area contributed by atoms with Crippen LogP contribution in [0.2, 0.25) is 0 Å². The molecule has 3 aromatic carbocycles. The van der Waals surface area contributed by atoms with E-state index in [1.807, 2.05) is 54.6 Å². The molecule has 7 nitrogen and oxygen atoms in total. The van der Waals surface area contributed by atoms with E-state index in [4.69, 9.17) is 5.41 Å². The molecule has 0 spiro atoms. The van der Waals surface area contributed by atoms with E-state index in [2.05, 4.69) is 5.32 Å². The quantitative estimate of drug-likeness (QED) is 0.194. The standard InChI is InChI=1S/C27H29N2O5P/c28-25(18-22-14-8-3-9-15-22)35(33,34)19-23(16-20-10-4-1-5-11-20)26(30)29-24(27(31)32)17-21-12-6-2-7-13-21/h1-15,23-24,28,33-34H,16-19H2,(H-,29,30,31,32)/p+1/t23?,24-/m0/s1. The molecule has 3 rings (SSSR count). The first kappa shape index (κ1) is 26.2. The Balaban J connectivity index is 1.77. The number of carbonyl (C=O) groups excluding carboxylic acids is 1. The van der Waals surface area contributed by atoms with E-state index in [-0.39, 0.29) is 30.9 Å². The van der Waals surface area contributed by atoms with Crippen LogP contribution in [0.3, 0.4) is 0 Å². The number of carbonyl (C=O) groups is 2. The number of rotatable bonds is 12. The molecule has 0 aliphatic heterocycles. The van der Waals surface area contributed by atoms with Gasteiger partial charge in [-0.1, -0.05) is 91.0 Å². The van der Waals surface area contributed by atoms with Crippen molar-refractivity contribution in [3.63, 3.8) is 0 Å². The van der Waals surface area contributed by atoms with Crippen LogP contribution in [0.1, 0.15) is 16.7 Å². The summed E-state index contributed by atoms with van der Waals surface area (Å²) in [6, 6.07) is 26.0. The van der Waals surface area contributed by atoms with Gasteiger partial charge in [0.25, 0.3) is 0 Å². The van der Waals surface area contributed by atoms with Gasteiger partial charge in [-0.25, -0.2) is 14.6 Å². The summed E-state index contributed by atoms with van der Waals surface area (Å²) in [7, 11) is -3.90. The van der Waals surface area contributed by atoms with Crippen molar-refractivity contribution < 1.29 is 24.5 Å². The number of carboxylic acid groups (broad SMARTS) is 1. The van der Waals surface area contributed by atoms with E-state index in [9.17, 15) is 24.5 Å². The van der Waals surface area contributed by atoms with Crippen molar-refractivity contribution in [2.75, 3.05) is 6.16 Å². The number of amides is 1. The van der Waals surface area contributed by atoms with E-state index in [1.54, 1.807) is 36.4 Å². The molecule has 1 unspecified atom stereocenters. The Bertz CT molecular complexity index is 1120. The lowest BCUT2D eigenvalue weighted by Crippen LogP contribution is -2.46. The van der Waals surface area contributed by atoms with Crippen LogP contribution < -0.4 is 5.32 Å². The highest BCUT2D eigenvalue weighted by molar-refractivity contribution is 7.81. The Morgan fingerprint density at radius 3 is 1.71 bits per heavy atom.